The molecule has 1 heteroatoms. The van der Waals surface area contributed by atoms with Crippen molar-refractivity contribution in [3.63, 3.8) is 0 Å². The predicted octanol–water partition coefficient (Wildman–Crippen LogP) is 7.25. The van der Waals surface area contributed by atoms with Crippen LogP contribution in [0.3, 0.4) is 0 Å². The molecular formula is C28H42O. The molecule has 1 nitrogen and oxygen atoms in total. The Hall–Kier alpha value is -1.08. The van der Waals surface area contributed by atoms with Crippen molar-refractivity contribution in [2.45, 2.75) is 85.7 Å². The zero-order valence-corrected chi connectivity index (χ0v) is 19.4. The van der Waals surface area contributed by atoms with E-state index in [1.165, 1.54) is 31.3 Å². The summed E-state index contributed by atoms with van der Waals surface area (Å²) >= 11 is 0. The molecule has 0 aromatic heterocycles. The summed E-state index contributed by atoms with van der Waals surface area (Å²) in [7, 11) is 0. The largest absolute Gasteiger partial charge is 0.393 e. The van der Waals surface area contributed by atoms with Crippen LogP contribution in [0.25, 0.3) is 0 Å². The van der Waals surface area contributed by atoms with E-state index in [9.17, 15) is 5.11 Å². The molecule has 0 saturated heterocycles. The van der Waals surface area contributed by atoms with Crippen molar-refractivity contribution in [1.29, 1.82) is 0 Å². The number of fused-ring (bicyclic) bond motifs is 5. The smallest absolute Gasteiger partial charge is 0.0543 e. The second-order valence-electron chi connectivity index (χ2n) is 11.4. The molecule has 0 amide bonds. The van der Waals surface area contributed by atoms with Crippen LogP contribution in [0.2, 0.25) is 0 Å². The van der Waals surface area contributed by atoms with Crippen molar-refractivity contribution in [1.82, 2.24) is 0 Å². The molecule has 1 N–H and O–H groups in total. The molecule has 2 fully saturated rings. The van der Waals surface area contributed by atoms with E-state index in [0.29, 0.717) is 28.6 Å². The first kappa shape index (κ1) is 21.2. The molecule has 0 aromatic rings. The predicted molar refractivity (Wildman–Crippen MR) is 123 cm³/mol. The number of hydrogen-bond acceptors (Lipinski definition) is 1. The summed E-state index contributed by atoms with van der Waals surface area (Å²) < 4.78 is 0. The van der Waals surface area contributed by atoms with Gasteiger partial charge in [0, 0.05) is 0 Å². The first-order valence-corrected chi connectivity index (χ1v) is 12.1. The maximum Gasteiger partial charge on any atom is 0.0543 e. The van der Waals surface area contributed by atoms with Crippen LogP contribution in [0.15, 0.2) is 47.6 Å². The third kappa shape index (κ3) is 3.42. The van der Waals surface area contributed by atoms with Gasteiger partial charge in [-0.05, 0) is 96.5 Å². The molecule has 0 heterocycles. The fraction of sp³-hybridized carbons (Fsp3) is 0.714. The zero-order valence-electron chi connectivity index (χ0n) is 19.4. The lowest BCUT2D eigenvalue weighted by molar-refractivity contribution is 0.0316. The Morgan fingerprint density at radius 3 is 2.66 bits per heavy atom. The number of aliphatic hydroxyl groups is 1. The Bertz CT molecular complexity index is 752. The highest BCUT2D eigenvalue weighted by molar-refractivity contribution is 5.46. The van der Waals surface area contributed by atoms with Gasteiger partial charge in [-0.15, -0.1) is 0 Å². The molecule has 160 valence electrons. The highest BCUT2D eigenvalue weighted by Crippen LogP contribution is 2.64. The van der Waals surface area contributed by atoms with Crippen LogP contribution in [0.1, 0.15) is 79.6 Å². The van der Waals surface area contributed by atoms with Crippen LogP contribution in [-0.4, -0.2) is 11.2 Å². The molecule has 0 bridgehead atoms. The van der Waals surface area contributed by atoms with Gasteiger partial charge >= 0.3 is 0 Å². The Morgan fingerprint density at radius 1 is 1.17 bits per heavy atom. The standard InChI is InChI=1S/C28H42O/c1-18(2)19(3)7-8-20(4)24-11-12-25-23-10-9-21-17-22(29)13-15-27(21,5)26(23)14-16-28(24,25)6/h7-8,10,14,18,20-22,24-25,29H,3,9,11-13,15-17H2,1-2,4-6H3/b8-7+/t20-,21+,22+,24-,25+,27+,28-/m1/s1. The van der Waals surface area contributed by atoms with Crippen LogP contribution in [0.5, 0.6) is 0 Å². The van der Waals surface area contributed by atoms with Crippen molar-refractivity contribution in [2.75, 3.05) is 0 Å². The van der Waals surface area contributed by atoms with Crippen LogP contribution < -0.4 is 0 Å². The summed E-state index contributed by atoms with van der Waals surface area (Å²) in [6.07, 6.45) is 18.1. The van der Waals surface area contributed by atoms with E-state index in [0.717, 1.165) is 31.1 Å². The monoisotopic (exact) mass is 394 g/mol. The van der Waals surface area contributed by atoms with E-state index < -0.39 is 0 Å². The molecule has 4 aliphatic rings. The van der Waals surface area contributed by atoms with E-state index in [2.05, 4.69) is 65.5 Å². The molecule has 2 saturated carbocycles. The van der Waals surface area contributed by atoms with Gasteiger partial charge < -0.3 is 5.11 Å². The highest BCUT2D eigenvalue weighted by atomic mass is 16.3. The van der Waals surface area contributed by atoms with Crippen LogP contribution in [0.4, 0.5) is 0 Å². The molecule has 4 aliphatic carbocycles. The lowest BCUT2D eigenvalue weighted by atomic mass is 9.51. The summed E-state index contributed by atoms with van der Waals surface area (Å²) in [6.45, 7) is 16.2. The SMILES string of the molecule is C=C(/C=C/[C@@H](C)[C@H]1CC[C@H]2C3=CC[C@H]4C[C@@H](O)CC[C@]4(C)C3=CC[C@]12C)C(C)C. The average Bonchev–Trinajstić information content (AvgIpc) is 3.03. The second-order valence-corrected chi connectivity index (χ2v) is 11.4. The Kier molecular flexibility index (Phi) is 5.52. The van der Waals surface area contributed by atoms with E-state index in [1.54, 1.807) is 11.1 Å². The summed E-state index contributed by atoms with van der Waals surface area (Å²) in [5, 5.41) is 10.2. The van der Waals surface area contributed by atoms with Crippen molar-refractivity contribution in [3.8, 4) is 0 Å². The molecule has 4 rings (SSSR count). The maximum absolute atomic E-state index is 10.2. The second kappa shape index (κ2) is 7.56. The fourth-order valence-electron chi connectivity index (χ4n) is 7.33. The van der Waals surface area contributed by atoms with E-state index in [1.807, 2.05) is 0 Å². The van der Waals surface area contributed by atoms with Gasteiger partial charge in [-0.2, -0.15) is 0 Å². The summed E-state index contributed by atoms with van der Waals surface area (Å²) in [5.74, 6) is 3.24. The van der Waals surface area contributed by atoms with Crippen LogP contribution >= 0.6 is 0 Å². The lowest BCUT2D eigenvalue weighted by Crippen LogP contribution is -2.44. The normalized spacial score (nSPS) is 42.7. The van der Waals surface area contributed by atoms with Gasteiger partial charge in [-0.3, -0.25) is 0 Å². The first-order chi connectivity index (χ1) is 13.7. The topological polar surface area (TPSA) is 20.2 Å². The molecule has 0 radical (unpaired) electrons. The summed E-state index contributed by atoms with van der Waals surface area (Å²) in [4.78, 5) is 0. The van der Waals surface area contributed by atoms with Gasteiger partial charge in [0.15, 0.2) is 0 Å². The molecule has 0 aromatic carbocycles. The summed E-state index contributed by atoms with van der Waals surface area (Å²) in [5.41, 5.74) is 5.29. The van der Waals surface area contributed by atoms with Gasteiger partial charge in [0.05, 0.1) is 6.10 Å². The van der Waals surface area contributed by atoms with Crippen LogP contribution in [-0.2, 0) is 0 Å². The molecule has 0 unspecified atom stereocenters. The number of aliphatic hydroxyl groups excluding tert-OH is 1. The Balaban J connectivity index is 1.58. The lowest BCUT2D eigenvalue weighted by Gasteiger charge is -2.53. The fourth-order valence-corrected chi connectivity index (χ4v) is 7.33. The van der Waals surface area contributed by atoms with E-state index >= 15 is 0 Å². The first-order valence-electron chi connectivity index (χ1n) is 12.1. The van der Waals surface area contributed by atoms with Crippen molar-refractivity contribution >= 4 is 0 Å². The Morgan fingerprint density at radius 2 is 1.93 bits per heavy atom. The van der Waals surface area contributed by atoms with Gasteiger partial charge in [0.25, 0.3) is 0 Å². The minimum absolute atomic E-state index is 0.0819. The van der Waals surface area contributed by atoms with Gasteiger partial charge in [0.1, 0.15) is 0 Å². The maximum atomic E-state index is 10.2. The zero-order chi connectivity index (χ0) is 21.0. The van der Waals surface area contributed by atoms with Gasteiger partial charge in [-0.25, -0.2) is 0 Å². The molecular weight excluding hydrogens is 352 g/mol. The third-order valence-electron chi connectivity index (χ3n) is 9.52. The molecule has 0 aliphatic heterocycles. The number of rotatable bonds is 4. The quantitative estimate of drug-likeness (QED) is 0.498. The van der Waals surface area contributed by atoms with Gasteiger partial charge in [0.2, 0.25) is 0 Å². The van der Waals surface area contributed by atoms with Gasteiger partial charge in [-0.1, -0.05) is 71.1 Å². The molecule has 0 spiro atoms. The number of allylic oxidation sites excluding steroid dienone is 7. The van der Waals surface area contributed by atoms with Crippen LogP contribution in [0, 0.1) is 40.4 Å². The Labute approximate surface area is 179 Å². The number of hydrogen-bond donors (Lipinski definition) is 1. The summed E-state index contributed by atoms with van der Waals surface area (Å²) in [6, 6.07) is 0. The molecule has 29 heavy (non-hydrogen) atoms. The van der Waals surface area contributed by atoms with Crippen molar-refractivity contribution < 1.29 is 5.11 Å². The third-order valence-corrected chi connectivity index (χ3v) is 9.52. The average molecular weight is 395 g/mol. The van der Waals surface area contributed by atoms with E-state index in [-0.39, 0.29) is 6.10 Å². The van der Waals surface area contributed by atoms with Crippen molar-refractivity contribution in [3.05, 3.63) is 47.6 Å². The van der Waals surface area contributed by atoms with Crippen molar-refractivity contribution in [2.24, 2.45) is 40.4 Å². The van der Waals surface area contributed by atoms with E-state index in [4.69, 9.17) is 0 Å². The minimum atomic E-state index is -0.0819. The molecule has 7 atom stereocenters. The minimum Gasteiger partial charge on any atom is -0.393 e. The highest BCUT2D eigenvalue weighted by Gasteiger charge is 2.55.